The number of fused-ring (bicyclic) bond motifs is 3. The van der Waals surface area contributed by atoms with Crippen LogP contribution in [0.4, 0.5) is 20.3 Å². The van der Waals surface area contributed by atoms with E-state index in [1.54, 1.807) is 36.8 Å². The van der Waals surface area contributed by atoms with Gasteiger partial charge >= 0.3 is 5.97 Å². The first-order chi connectivity index (χ1) is 24.6. The number of rotatable bonds is 7. The van der Waals surface area contributed by atoms with Gasteiger partial charge < -0.3 is 38.1 Å². The number of hydrogen-bond donors (Lipinski definition) is 1. The molecule has 1 spiro atoms. The van der Waals surface area contributed by atoms with Gasteiger partial charge in [0.15, 0.2) is 17.2 Å². The number of aliphatic carboxylic acids is 1. The van der Waals surface area contributed by atoms with E-state index < -0.39 is 36.0 Å². The normalized spacial score (nSPS) is 21.3. The maximum atomic E-state index is 14.1. The van der Waals surface area contributed by atoms with Crippen LogP contribution in [0.5, 0.6) is 5.88 Å². The topological polar surface area (TPSA) is 141 Å². The molecule has 4 aromatic heterocycles. The molecule has 1 N–H and O–H groups in total. The molecule has 51 heavy (non-hydrogen) atoms. The number of ether oxygens (including phenoxy) is 3. The Kier molecular flexibility index (Phi) is 8.23. The molecule has 3 atom stereocenters. The van der Waals surface area contributed by atoms with Crippen molar-refractivity contribution in [3.8, 4) is 17.7 Å². The van der Waals surface area contributed by atoms with Gasteiger partial charge in [0.2, 0.25) is 5.88 Å². The first-order valence-corrected chi connectivity index (χ1v) is 16.7. The van der Waals surface area contributed by atoms with Crippen LogP contribution in [0.25, 0.3) is 22.1 Å². The zero-order chi connectivity index (χ0) is 35.4. The predicted molar refractivity (Wildman–Crippen MR) is 181 cm³/mol. The van der Waals surface area contributed by atoms with Crippen molar-refractivity contribution >= 4 is 39.5 Å². The van der Waals surface area contributed by atoms with Gasteiger partial charge in [0, 0.05) is 35.8 Å². The highest BCUT2D eigenvalue weighted by molar-refractivity contribution is 6.06. The predicted octanol–water partition coefficient (Wildman–Crippen LogP) is 4.68. The van der Waals surface area contributed by atoms with E-state index in [2.05, 4.69) is 38.6 Å². The molecule has 0 aliphatic carbocycles. The second-order valence-corrected chi connectivity index (χ2v) is 13.1. The van der Waals surface area contributed by atoms with E-state index in [9.17, 15) is 18.7 Å². The summed E-state index contributed by atoms with van der Waals surface area (Å²) < 4.78 is 54.4. The molecule has 13 nitrogen and oxygen atoms in total. The average molecular weight is 700 g/mol. The van der Waals surface area contributed by atoms with Crippen molar-refractivity contribution in [2.24, 2.45) is 0 Å². The van der Waals surface area contributed by atoms with Gasteiger partial charge in [-0.25, -0.2) is 33.5 Å². The lowest BCUT2D eigenvalue weighted by atomic mass is 9.90. The van der Waals surface area contributed by atoms with Crippen molar-refractivity contribution in [1.82, 2.24) is 24.5 Å². The Morgan fingerprint density at radius 3 is 2.73 bits per heavy atom. The fraction of sp³-hybridized carbons (Fsp3) is 0.417. The monoisotopic (exact) mass is 699 g/mol. The summed E-state index contributed by atoms with van der Waals surface area (Å²) in [6.45, 7) is 8.44. The first kappa shape index (κ1) is 32.9. The van der Waals surface area contributed by atoms with E-state index >= 15 is 0 Å². The molecule has 15 heteroatoms. The fourth-order valence-corrected chi connectivity index (χ4v) is 7.03. The molecule has 8 rings (SSSR count). The molecule has 1 aromatic carbocycles. The van der Waals surface area contributed by atoms with E-state index in [4.69, 9.17) is 23.6 Å². The summed E-state index contributed by atoms with van der Waals surface area (Å²) >= 11 is 0. The highest BCUT2D eigenvalue weighted by atomic mass is 19.3. The SMILES string of the molecule is Cc1ncn(CC#Cc2cnc(O[C@H]3C[C@@H](C(=O)O)N(c4nc(C(F)F)nc5c4oc4ccccc45)C3)c(N3CCOC4(COC4)[C@@H]3C)c2)c1C. The minimum Gasteiger partial charge on any atom is -0.480 e. The molecule has 264 valence electrons. The number of halogens is 2. The van der Waals surface area contributed by atoms with Gasteiger partial charge in [0.05, 0.1) is 51.0 Å². The van der Waals surface area contributed by atoms with Gasteiger partial charge in [-0.15, -0.1) is 0 Å². The number of aromatic nitrogens is 5. The molecule has 7 heterocycles. The second-order valence-electron chi connectivity index (χ2n) is 13.1. The molecule has 3 aliphatic rings. The van der Waals surface area contributed by atoms with Crippen LogP contribution in [-0.4, -0.2) is 92.3 Å². The van der Waals surface area contributed by atoms with Gasteiger partial charge in [0.1, 0.15) is 34.5 Å². The lowest BCUT2D eigenvalue weighted by Crippen LogP contribution is -2.68. The molecule has 3 fully saturated rings. The number of carboxylic acid groups (broad SMARTS) is 1. The zero-order valence-electron chi connectivity index (χ0n) is 28.2. The van der Waals surface area contributed by atoms with E-state index in [1.807, 2.05) is 24.5 Å². The molecule has 3 saturated heterocycles. The molecule has 3 aliphatic heterocycles. The number of morpholine rings is 1. The molecular formula is C36H35F2N7O6. The van der Waals surface area contributed by atoms with Crippen molar-refractivity contribution in [1.29, 1.82) is 0 Å². The standard InChI is InChI=1S/C36H35F2N7O6/c1-20-21(2)43(19-40-20)10-6-7-23-13-26(44-11-12-49-36(22(44)3)17-48-18-36)34(39-15-23)50-24-14-27(35(46)47)45(16-24)33-30-29(41-32(42-33)31(37)38)25-8-4-5-9-28(25)51-30/h4-5,8-9,13,15,19,22,24,27,31H,10-12,14,16-18H2,1-3H3,(H,46,47)/t22-,24-,27-/m0/s1. The third-order valence-electron chi connectivity index (χ3n) is 10.1. The minimum absolute atomic E-state index is 0.0194. The summed E-state index contributed by atoms with van der Waals surface area (Å²) in [7, 11) is 0. The molecule has 0 radical (unpaired) electrons. The highest BCUT2D eigenvalue weighted by Crippen LogP contribution is 2.41. The average Bonchev–Trinajstić information content (AvgIpc) is 3.79. The lowest BCUT2D eigenvalue weighted by molar-refractivity contribution is -0.228. The number of furan rings is 1. The van der Waals surface area contributed by atoms with Crippen molar-refractivity contribution in [2.45, 2.75) is 64.0 Å². The Hall–Kier alpha value is -5.33. The van der Waals surface area contributed by atoms with Crippen LogP contribution in [0.1, 0.15) is 42.5 Å². The minimum atomic E-state index is -2.99. The summed E-state index contributed by atoms with van der Waals surface area (Å²) in [5.41, 5.74) is 3.62. The number of carbonyl (C=O) groups is 1. The summed E-state index contributed by atoms with van der Waals surface area (Å²) in [5.74, 6) is 4.82. The smallest absolute Gasteiger partial charge is 0.326 e. The maximum Gasteiger partial charge on any atom is 0.326 e. The van der Waals surface area contributed by atoms with E-state index in [0.717, 1.165) is 11.4 Å². The van der Waals surface area contributed by atoms with Gasteiger partial charge in [-0.3, -0.25) is 0 Å². The molecule has 0 amide bonds. The lowest BCUT2D eigenvalue weighted by Gasteiger charge is -2.53. The molecule has 5 aromatic rings. The quantitative estimate of drug-likeness (QED) is 0.236. The number of pyridine rings is 1. The van der Waals surface area contributed by atoms with Gasteiger partial charge in [-0.05, 0) is 39.0 Å². The van der Waals surface area contributed by atoms with Crippen molar-refractivity contribution in [2.75, 3.05) is 42.7 Å². The Morgan fingerprint density at radius 2 is 2.00 bits per heavy atom. The zero-order valence-corrected chi connectivity index (χ0v) is 28.2. The Bertz CT molecular complexity index is 2210. The van der Waals surface area contributed by atoms with Crippen molar-refractivity contribution in [3.05, 3.63) is 65.6 Å². The number of anilines is 2. The van der Waals surface area contributed by atoms with Crippen molar-refractivity contribution in [3.63, 3.8) is 0 Å². The van der Waals surface area contributed by atoms with E-state index in [-0.39, 0.29) is 35.9 Å². The third kappa shape index (κ3) is 5.78. The number of nitrogens with zero attached hydrogens (tertiary/aromatic N) is 7. The van der Waals surface area contributed by atoms with Crippen LogP contribution >= 0.6 is 0 Å². The van der Waals surface area contributed by atoms with Crippen LogP contribution in [0.3, 0.4) is 0 Å². The van der Waals surface area contributed by atoms with Gasteiger partial charge in [-0.2, -0.15) is 0 Å². The molecule has 0 unspecified atom stereocenters. The molecular weight excluding hydrogens is 664 g/mol. The Balaban J connectivity index is 1.13. The van der Waals surface area contributed by atoms with Crippen molar-refractivity contribution < 1.29 is 37.3 Å². The third-order valence-corrected chi connectivity index (χ3v) is 10.1. The number of benzene rings is 1. The molecule has 0 saturated carbocycles. The first-order valence-electron chi connectivity index (χ1n) is 16.7. The fourth-order valence-electron chi connectivity index (χ4n) is 7.03. The van der Waals surface area contributed by atoms with Crippen LogP contribution in [-0.2, 0) is 20.8 Å². The highest BCUT2D eigenvalue weighted by Gasteiger charge is 2.50. The maximum absolute atomic E-state index is 14.1. The van der Waals surface area contributed by atoms with Crippen LogP contribution < -0.4 is 14.5 Å². The summed E-state index contributed by atoms with van der Waals surface area (Å²) in [5, 5.41) is 10.9. The number of alkyl halides is 2. The van der Waals surface area contributed by atoms with Crippen LogP contribution in [0, 0.1) is 25.7 Å². The number of carboxylic acids is 1. The van der Waals surface area contributed by atoms with Gasteiger partial charge in [-0.1, -0.05) is 24.0 Å². The number of hydrogen-bond acceptors (Lipinski definition) is 11. The Labute approximate surface area is 291 Å². The summed E-state index contributed by atoms with van der Waals surface area (Å²) in [6, 6.07) is 7.60. The number of para-hydroxylation sites is 1. The van der Waals surface area contributed by atoms with Crippen LogP contribution in [0.2, 0.25) is 0 Å². The summed E-state index contributed by atoms with van der Waals surface area (Å²) in [4.78, 5) is 33.5. The van der Waals surface area contributed by atoms with Crippen LogP contribution in [0.15, 0.2) is 47.3 Å². The number of imidazole rings is 1. The molecule has 0 bridgehead atoms. The Morgan fingerprint density at radius 1 is 1.18 bits per heavy atom. The van der Waals surface area contributed by atoms with Gasteiger partial charge in [0.25, 0.3) is 6.43 Å². The van der Waals surface area contributed by atoms with E-state index in [0.29, 0.717) is 61.0 Å². The second kappa shape index (κ2) is 12.8. The number of aryl methyl sites for hydroxylation is 1. The van der Waals surface area contributed by atoms with E-state index in [1.165, 1.54) is 4.90 Å². The summed E-state index contributed by atoms with van der Waals surface area (Å²) in [6.07, 6.45) is -0.248. The largest absolute Gasteiger partial charge is 0.480 e.